The van der Waals surface area contributed by atoms with E-state index in [9.17, 15) is 0 Å². The number of unbranched alkanes of at least 4 members (excludes halogenated alkanes) is 1. The molecule has 0 saturated carbocycles. The molecule has 0 amide bonds. The van der Waals surface area contributed by atoms with Gasteiger partial charge in [-0.3, -0.25) is 0 Å². The average molecular weight is 333 g/mol. The maximum absolute atomic E-state index is 8.05. The van der Waals surface area contributed by atoms with E-state index in [2.05, 4.69) is 68.7 Å². The molecule has 0 spiro atoms. The summed E-state index contributed by atoms with van der Waals surface area (Å²) in [4.78, 5) is 0. The Morgan fingerprint density at radius 2 is 1.96 bits per heavy atom. The molecule has 2 aromatic rings. The SMILES string of the molecule is CCCCc1ccc2c(c1)-c1cccc3[n+]1C(C)(C3C=N)C2(C)CC. The van der Waals surface area contributed by atoms with Crippen molar-refractivity contribution in [3.63, 3.8) is 0 Å². The molecule has 3 atom stereocenters. The summed E-state index contributed by atoms with van der Waals surface area (Å²) < 4.78 is 2.53. The van der Waals surface area contributed by atoms with Crippen LogP contribution in [0.4, 0.5) is 0 Å². The topological polar surface area (TPSA) is 27.7 Å². The first-order valence-electron chi connectivity index (χ1n) is 9.72. The maximum atomic E-state index is 8.05. The van der Waals surface area contributed by atoms with Crippen molar-refractivity contribution < 1.29 is 4.57 Å². The molecule has 1 aromatic heterocycles. The minimum atomic E-state index is -0.0483. The lowest BCUT2D eigenvalue weighted by Crippen LogP contribution is -2.79. The smallest absolute Gasteiger partial charge is 0.213 e. The molecule has 0 fully saturated rings. The number of benzene rings is 1. The van der Waals surface area contributed by atoms with Crippen LogP contribution in [0.2, 0.25) is 0 Å². The zero-order chi connectivity index (χ0) is 17.8. The largest absolute Gasteiger partial charge is 0.312 e. The van der Waals surface area contributed by atoms with Crippen LogP contribution in [0.5, 0.6) is 0 Å². The predicted molar refractivity (Wildman–Crippen MR) is 104 cm³/mol. The second-order valence-electron chi connectivity index (χ2n) is 8.13. The van der Waals surface area contributed by atoms with Crippen LogP contribution in [0.15, 0.2) is 36.4 Å². The van der Waals surface area contributed by atoms with Crippen molar-refractivity contribution in [1.82, 2.24) is 0 Å². The molecule has 2 aliphatic rings. The van der Waals surface area contributed by atoms with Gasteiger partial charge in [-0.2, -0.15) is 4.57 Å². The fourth-order valence-corrected chi connectivity index (χ4v) is 5.34. The molecule has 0 bridgehead atoms. The number of aromatic nitrogens is 1. The fourth-order valence-electron chi connectivity index (χ4n) is 5.34. The molecule has 0 saturated heterocycles. The second-order valence-corrected chi connectivity index (χ2v) is 8.13. The van der Waals surface area contributed by atoms with Gasteiger partial charge in [0.2, 0.25) is 5.69 Å². The Labute approximate surface area is 151 Å². The Bertz CT molecular complexity index is 853. The molecular weight excluding hydrogens is 304 g/mol. The summed E-state index contributed by atoms with van der Waals surface area (Å²) in [5, 5.41) is 8.05. The number of hydrogen-bond acceptors (Lipinski definition) is 1. The van der Waals surface area contributed by atoms with Gasteiger partial charge in [0, 0.05) is 25.3 Å². The van der Waals surface area contributed by atoms with Gasteiger partial charge < -0.3 is 5.41 Å². The van der Waals surface area contributed by atoms with Gasteiger partial charge in [0.05, 0.1) is 11.0 Å². The molecule has 2 nitrogen and oxygen atoms in total. The Morgan fingerprint density at radius 3 is 2.64 bits per heavy atom. The molecule has 0 radical (unpaired) electrons. The summed E-state index contributed by atoms with van der Waals surface area (Å²) in [5.41, 5.74) is 6.93. The molecule has 3 unspecified atom stereocenters. The normalized spacial score (nSPS) is 28.7. The number of aryl methyl sites for hydroxylation is 1. The minimum Gasteiger partial charge on any atom is -0.312 e. The predicted octanol–water partition coefficient (Wildman–Crippen LogP) is 5.13. The van der Waals surface area contributed by atoms with Gasteiger partial charge >= 0.3 is 0 Å². The fraction of sp³-hybridized carbons (Fsp3) is 0.478. The van der Waals surface area contributed by atoms with Crippen LogP contribution < -0.4 is 4.57 Å². The first-order valence-corrected chi connectivity index (χ1v) is 9.72. The van der Waals surface area contributed by atoms with Crippen LogP contribution in [0.3, 0.4) is 0 Å². The number of nitrogens with zero attached hydrogens (tertiary/aromatic N) is 1. The van der Waals surface area contributed by atoms with Crippen molar-refractivity contribution in [1.29, 1.82) is 5.41 Å². The van der Waals surface area contributed by atoms with E-state index in [1.807, 2.05) is 0 Å². The molecule has 2 heteroatoms. The molecular formula is C23H29N2+. The molecule has 3 heterocycles. The Hall–Kier alpha value is -1.96. The van der Waals surface area contributed by atoms with Gasteiger partial charge in [-0.05, 0) is 49.4 Å². The van der Waals surface area contributed by atoms with Crippen molar-refractivity contribution in [3.8, 4) is 11.3 Å². The lowest BCUT2D eigenvalue weighted by Gasteiger charge is -2.54. The third-order valence-corrected chi connectivity index (χ3v) is 7.17. The Kier molecular flexibility index (Phi) is 3.64. The number of fused-ring (bicyclic) bond motifs is 2. The second kappa shape index (κ2) is 5.52. The number of nitrogens with one attached hydrogen (secondary N) is 1. The molecule has 4 rings (SSSR count). The van der Waals surface area contributed by atoms with E-state index in [0.29, 0.717) is 0 Å². The molecule has 25 heavy (non-hydrogen) atoms. The van der Waals surface area contributed by atoms with E-state index in [1.54, 1.807) is 6.21 Å². The van der Waals surface area contributed by atoms with E-state index < -0.39 is 0 Å². The summed E-state index contributed by atoms with van der Waals surface area (Å²) >= 11 is 0. The molecule has 2 aliphatic heterocycles. The van der Waals surface area contributed by atoms with Crippen molar-refractivity contribution in [2.24, 2.45) is 0 Å². The van der Waals surface area contributed by atoms with Gasteiger partial charge in [0.25, 0.3) is 0 Å². The highest BCUT2D eigenvalue weighted by Gasteiger charge is 2.69. The monoisotopic (exact) mass is 333 g/mol. The average Bonchev–Trinajstić information content (AvgIpc) is 2.64. The van der Waals surface area contributed by atoms with Crippen molar-refractivity contribution in [2.75, 3.05) is 0 Å². The van der Waals surface area contributed by atoms with Crippen molar-refractivity contribution in [3.05, 3.63) is 53.2 Å². The number of pyridine rings is 1. The Balaban J connectivity index is 1.99. The van der Waals surface area contributed by atoms with Crippen LogP contribution in [0, 0.1) is 5.41 Å². The highest BCUT2D eigenvalue weighted by molar-refractivity contribution is 5.73. The summed E-state index contributed by atoms with van der Waals surface area (Å²) in [5.74, 6) is 0.199. The third-order valence-electron chi connectivity index (χ3n) is 7.17. The van der Waals surface area contributed by atoms with Crippen molar-refractivity contribution >= 4 is 6.21 Å². The molecule has 0 aliphatic carbocycles. The summed E-state index contributed by atoms with van der Waals surface area (Å²) in [6.07, 6.45) is 6.38. The number of hydrogen-bond donors (Lipinski definition) is 1. The van der Waals surface area contributed by atoms with Crippen molar-refractivity contribution in [2.45, 2.75) is 70.3 Å². The third kappa shape index (κ3) is 1.86. The summed E-state index contributed by atoms with van der Waals surface area (Å²) in [6, 6.07) is 13.8. The Morgan fingerprint density at radius 1 is 1.16 bits per heavy atom. The summed E-state index contributed by atoms with van der Waals surface area (Å²) in [6.45, 7) is 9.31. The molecule has 130 valence electrons. The first kappa shape index (κ1) is 16.5. The van der Waals surface area contributed by atoms with Crippen LogP contribution in [-0.4, -0.2) is 6.21 Å². The minimum absolute atomic E-state index is 0.0415. The standard InChI is InChI=1S/C23H29N2/c1-5-7-9-16-12-13-18-17(14-16)20-10-8-11-21-19(15-24)23(4,25(20)21)22(18,3)6-2/h8,10-15,19,24H,5-7,9H2,1-4H3/q+1. The van der Waals surface area contributed by atoms with E-state index in [-0.39, 0.29) is 16.9 Å². The quantitative estimate of drug-likeness (QED) is 0.580. The molecule has 1 aromatic carbocycles. The maximum Gasteiger partial charge on any atom is 0.213 e. The van der Waals surface area contributed by atoms with Crippen LogP contribution in [0.25, 0.3) is 11.3 Å². The lowest BCUT2D eigenvalue weighted by molar-refractivity contribution is -0.813. The van der Waals surface area contributed by atoms with Crippen LogP contribution in [-0.2, 0) is 17.4 Å². The van der Waals surface area contributed by atoms with E-state index in [0.717, 1.165) is 12.8 Å². The molecule has 1 N–H and O–H groups in total. The number of rotatable bonds is 5. The van der Waals surface area contributed by atoms with E-state index >= 15 is 0 Å². The van der Waals surface area contributed by atoms with Crippen LogP contribution in [0.1, 0.15) is 69.7 Å². The zero-order valence-electron chi connectivity index (χ0n) is 15.9. The van der Waals surface area contributed by atoms with Gasteiger partial charge in [-0.1, -0.05) is 32.4 Å². The van der Waals surface area contributed by atoms with Gasteiger partial charge in [0.15, 0.2) is 11.2 Å². The van der Waals surface area contributed by atoms with Crippen LogP contribution >= 0.6 is 0 Å². The zero-order valence-corrected chi connectivity index (χ0v) is 15.9. The summed E-state index contributed by atoms with van der Waals surface area (Å²) in [7, 11) is 0. The van der Waals surface area contributed by atoms with E-state index in [1.165, 1.54) is 40.9 Å². The van der Waals surface area contributed by atoms with E-state index in [4.69, 9.17) is 5.41 Å². The van der Waals surface area contributed by atoms with Gasteiger partial charge in [-0.25, -0.2) is 0 Å². The van der Waals surface area contributed by atoms with Gasteiger partial charge in [-0.15, -0.1) is 0 Å². The highest BCUT2D eigenvalue weighted by Crippen LogP contribution is 2.57. The first-order chi connectivity index (χ1) is 12.0. The van der Waals surface area contributed by atoms with Gasteiger partial charge in [0.1, 0.15) is 5.92 Å². The highest BCUT2D eigenvalue weighted by atomic mass is 15.2. The lowest BCUT2D eigenvalue weighted by atomic mass is 9.53.